The Morgan fingerprint density at radius 3 is 2.07 bits per heavy atom. The van der Waals surface area contributed by atoms with Gasteiger partial charge in [-0.05, 0) is 17.8 Å². The minimum atomic E-state index is -0.149. The van der Waals surface area contributed by atoms with Crippen molar-refractivity contribution in [3.05, 3.63) is 0 Å². The first-order valence-electron chi connectivity index (χ1n) is 6.09. The molecule has 0 aliphatic heterocycles. The minimum Gasteiger partial charge on any atom is -0.393 e. The Morgan fingerprint density at radius 1 is 1.14 bits per heavy atom. The predicted molar refractivity (Wildman–Crippen MR) is 63.4 cm³/mol. The molecule has 0 saturated heterocycles. The van der Waals surface area contributed by atoms with Crippen LogP contribution in [-0.2, 0) is 0 Å². The fraction of sp³-hybridized carbons (Fsp3) is 1.00. The van der Waals surface area contributed by atoms with E-state index < -0.39 is 0 Å². The van der Waals surface area contributed by atoms with Crippen molar-refractivity contribution in [1.82, 2.24) is 0 Å². The van der Waals surface area contributed by atoms with Crippen molar-refractivity contribution in [3.63, 3.8) is 0 Å². The number of unbranched alkanes of at least 4 members (excludes halogenated alkanes) is 1. The molecule has 86 valence electrons. The van der Waals surface area contributed by atoms with E-state index in [-0.39, 0.29) is 11.5 Å². The molecule has 2 atom stereocenters. The summed E-state index contributed by atoms with van der Waals surface area (Å²) in [5.41, 5.74) is 0.0413. The van der Waals surface area contributed by atoms with E-state index in [1.165, 1.54) is 25.7 Å². The maximum atomic E-state index is 9.99. The zero-order valence-corrected chi connectivity index (χ0v) is 10.6. The third-order valence-electron chi connectivity index (χ3n) is 3.10. The smallest absolute Gasteiger partial charge is 0.0591 e. The summed E-state index contributed by atoms with van der Waals surface area (Å²) in [6, 6.07) is 0. The van der Waals surface area contributed by atoms with Gasteiger partial charge in [0.25, 0.3) is 0 Å². The van der Waals surface area contributed by atoms with Crippen LogP contribution in [0.25, 0.3) is 0 Å². The van der Waals surface area contributed by atoms with Crippen LogP contribution in [0.3, 0.4) is 0 Å². The Labute approximate surface area is 89.9 Å². The molecule has 1 heteroatoms. The monoisotopic (exact) mass is 200 g/mol. The quantitative estimate of drug-likeness (QED) is 0.687. The van der Waals surface area contributed by atoms with E-state index in [2.05, 4.69) is 34.6 Å². The Hall–Kier alpha value is -0.0400. The van der Waals surface area contributed by atoms with Crippen LogP contribution >= 0.6 is 0 Å². The van der Waals surface area contributed by atoms with E-state index in [1.807, 2.05) is 0 Å². The molecule has 0 amide bonds. The molecule has 0 aliphatic rings. The molecule has 0 heterocycles. The molecule has 0 bridgehead atoms. The molecular formula is C13H28O. The summed E-state index contributed by atoms with van der Waals surface area (Å²) in [5, 5.41) is 9.99. The van der Waals surface area contributed by atoms with E-state index in [9.17, 15) is 5.11 Å². The first kappa shape index (κ1) is 14.0. The molecule has 1 N–H and O–H groups in total. The number of hydrogen-bond donors (Lipinski definition) is 1. The molecule has 0 rings (SSSR count). The summed E-state index contributed by atoms with van der Waals surface area (Å²) >= 11 is 0. The second kappa shape index (κ2) is 6.44. The number of rotatable bonds is 6. The van der Waals surface area contributed by atoms with Gasteiger partial charge in [0.05, 0.1) is 6.10 Å². The van der Waals surface area contributed by atoms with Gasteiger partial charge in [0.15, 0.2) is 0 Å². The Bertz CT molecular complexity index is 135. The highest BCUT2D eigenvalue weighted by atomic mass is 16.3. The van der Waals surface area contributed by atoms with Gasteiger partial charge in [-0.3, -0.25) is 0 Å². The lowest BCUT2D eigenvalue weighted by atomic mass is 9.81. The van der Waals surface area contributed by atoms with Crippen molar-refractivity contribution in [2.24, 2.45) is 11.3 Å². The van der Waals surface area contributed by atoms with Crippen molar-refractivity contribution in [2.75, 3.05) is 0 Å². The molecule has 0 aliphatic carbocycles. The molecular weight excluding hydrogens is 172 g/mol. The third-order valence-corrected chi connectivity index (χ3v) is 3.10. The molecule has 0 aromatic heterocycles. The number of hydrogen-bond acceptors (Lipinski definition) is 1. The Balaban J connectivity index is 3.92. The van der Waals surface area contributed by atoms with Crippen molar-refractivity contribution in [1.29, 1.82) is 0 Å². The van der Waals surface area contributed by atoms with E-state index in [0.717, 1.165) is 6.42 Å². The summed E-state index contributed by atoms with van der Waals surface area (Å²) in [7, 11) is 0. The van der Waals surface area contributed by atoms with Crippen LogP contribution in [0.15, 0.2) is 0 Å². The van der Waals surface area contributed by atoms with Crippen molar-refractivity contribution in [3.8, 4) is 0 Å². The molecule has 0 radical (unpaired) electrons. The van der Waals surface area contributed by atoms with Gasteiger partial charge in [-0.25, -0.2) is 0 Å². The number of aliphatic hydroxyl groups excluding tert-OH is 1. The van der Waals surface area contributed by atoms with Crippen LogP contribution in [0.1, 0.15) is 66.7 Å². The van der Waals surface area contributed by atoms with Crippen LogP contribution in [0.5, 0.6) is 0 Å². The fourth-order valence-electron chi connectivity index (χ4n) is 1.65. The normalized spacial score (nSPS) is 16.7. The molecule has 0 aromatic rings. The third kappa shape index (κ3) is 5.64. The molecule has 2 unspecified atom stereocenters. The summed E-state index contributed by atoms with van der Waals surface area (Å²) < 4.78 is 0. The molecule has 0 spiro atoms. The van der Waals surface area contributed by atoms with Gasteiger partial charge >= 0.3 is 0 Å². The van der Waals surface area contributed by atoms with Crippen LogP contribution < -0.4 is 0 Å². The van der Waals surface area contributed by atoms with Crippen molar-refractivity contribution in [2.45, 2.75) is 72.8 Å². The summed E-state index contributed by atoms with van der Waals surface area (Å²) in [6.07, 6.45) is 5.87. The van der Waals surface area contributed by atoms with Gasteiger partial charge < -0.3 is 5.11 Å². The molecule has 1 nitrogen and oxygen atoms in total. The van der Waals surface area contributed by atoms with Crippen LogP contribution in [0.2, 0.25) is 0 Å². The van der Waals surface area contributed by atoms with Gasteiger partial charge in [0.2, 0.25) is 0 Å². The zero-order chi connectivity index (χ0) is 11.2. The molecule has 0 fully saturated rings. The largest absolute Gasteiger partial charge is 0.393 e. The first-order chi connectivity index (χ1) is 6.41. The van der Waals surface area contributed by atoms with Crippen molar-refractivity contribution >= 4 is 0 Å². The zero-order valence-electron chi connectivity index (χ0n) is 10.6. The Morgan fingerprint density at radius 2 is 1.71 bits per heavy atom. The summed E-state index contributed by atoms with van der Waals surface area (Å²) in [6.45, 7) is 10.8. The second-order valence-electron chi connectivity index (χ2n) is 5.53. The average molecular weight is 200 g/mol. The SMILES string of the molecule is CCCCC(CC)CC(O)C(C)(C)C. The van der Waals surface area contributed by atoms with Gasteiger partial charge in [0, 0.05) is 0 Å². The standard InChI is InChI=1S/C13H28O/c1-6-8-9-11(7-2)10-12(14)13(3,4)5/h11-12,14H,6-10H2,1-5H3. The molecule has 0 saturated carbocycles. The van der Waals surface area contributed by atoms with Crippen LogP contribution in [0.4, 0.5) is 0 Å². The average Bonchev–Trinajstić information content (AvgIpc) is 2.10. The van der Waals surface area contributed by atoms with Gasteiger partial charge in [-0.2, -0.15) is 0 Å². The maximum absolute atomic E-state index is 9.99. The van der Waals surface area contributed by atoms with Crippen LogP contribution in [0, 0.1) is 11.3 Å². The first-order valence-corrected chi connectivity index (χ1v) is 6.09. The lowest BCUT2D eigenvalue weighted by molar-refractivity contribution is 0.0390. The van der Waals surface area contributed by atoms with E-state index >= 15 is 0 Å². The van der Waals surface area contributed by atoms with Gasteiger partial charge in [0.1, 0.15) is 0 Å². The lowest BCUT2D eigenvalue weighted by Gasteiger charge is -2.29. The predicted octanol–water partition coefficient (Wildman–Crippen LogP) is 4.00. The summed E-state index contributed by atoms with van der Waals surface area (Å²) in [5.74, 6) is 0.712. The van der Waals surface area contributed by atoms with Gasteiger partial charge in [-0.1, -0.05) is 60.3 Å². The van der Waals surface area contributed by atoms with Gasteiger partial charge in [-0.15, -0.1) is 0 Å². The summed E-state index contributed by atoms with van der Waals surface area (Å²) in [4.78, 5) is 0. The van der Waals surface area contributed by atoms with E-state index in [4.69, 9.17) is 0 Å². The van der Waals surface area contributed by atoms with E-state index in [0.29, 0.717) is 5.92 Å². The Kier molecular flexibility index (Phi) is 6.43. The second-order valence-corrected chi connectivity index (χ2v) is 5.53. The fourth-order valence-corrected chi connectivity index (χ4v) is 1.65. The lowest BCUT2D eigenvalue weighted by Crippen LogP contribution is -2.28. The van der Waals surface area contributed by atoms with Crippen molar-refractivity contribution < 1.29 is 5.11 Å². The molecule has 14 heavy (non-hydrogen) atoms. The van der Waals surface area contributed by atoms with E-state index in [1.54, 1.807) is 0 Å². The highest BCUT2D eigenvalue weighted by Gasteiger charge is 2.24. The molecule has 0 aromatic carbocycles. The topological polar surface area (TPSA) is 20.2 Å². The highest BCUT2D eigenvalue weighted by molar-refractivity contribution is 4.75. The maximum Gasteiger partial charge on any atom is 0.0591 e. The minimum absolute atomic E-state index is 0.0413. The number of aliphatic hydroxyl groups is 1. The highest BCUT2D eigenvalue weighted by Crippen LogP contribution is 2.27. The van der Waals surface area contributed by atoms with Crippen LogP contribution in [-0.4, -0.2) is 11.2 Å².